The lowest BCUT2D eigenvalue weighted by Crippen LogP contribution is -2.18. The van der Waals surface area contributed by atoms with E-state index in [0.717, 1.165) is 11.3 Å². The molecule has 0 aliphatic rings. The standard InChI is InChI=1S/C18H19NO2/c1-13(16-11-7-8-12-19-16)17(14(2)18(20)21-3)15-9-5-4-6-10-15/h4-13,17H,2H2,1,3H3/t13-,17-/m0/s1. The molecule has 0 amide bonds. The van der Waals surface area contributed by atoms with Gasteiger partial charge in [0.25, 0.3) is 0 Å². The quantitative estimate of drug-likeness (QED) is 0.619. The zero-order valence-corrected chi connectivity index (χ0v) is 12.3. The van der Waals surface area contributed by atoms with Crippen LogP contribution in [-0.2, 0) is 9.53 Å². The largest absolute Gasteiger partial charge is 0.466 e. The summed E-state index contributed by atoms with van der Waals surface area (Å²) in [6, 6.07) is 15.6. The minimum Gasteiger partial charge on any atom is -0.466 e. The van der Waals surface area contributed by atoms with E-state index in [4.69, 9.17) is 4.74 Å². The summed E-state index contributed by atoms with van der Waals surface area (Å²) >= 11 is 0. The molecule has 108 valence electrons. The summed E-state index contributed by atoms with van der Waals surface area (Å²) in [5.74, 6) is -0.514. The summed E-state index contributed by atoms with van der Waals surface area (Å²) in [5.41, 5.74) is 2.41. The minimum absolute atomic E-state index is 0.0280. The summed E-state index contributed by atoms with van der Waals surface area (Å²) in [7, 11) is 1.38. The van der Waals surface area contributed by atoms with Crippen molar-refractivity contribution in [1.82, 2.24) is 4.98 Å². The van der Waals surface area contributed by atoms with Crippen molar-refractivity contribution in [3.63, 3.8) is 0 Å². The first kappa shape index (κ1) is 15.0. The first-order chi connectivity index (χ1) is 10.1. The van der Waals surface area contributed by atoms with Crippen LogP contribution in [0.2, 0.25) is 0 Å². The third-order valence-electron chi connectivity index (χ3n) is 3.64. The van der Waals surface area contributed by atoms with Gasteiger partial charge in [-0.1, -0.05) is 49.9 Å². The van der Waals surface area contributed by atoms with Gasteiger partial charge in [0.1, 0.15) is 0 Å². The van der Waals surface area contributed by atoms with Crippen molar-refractivity contribution in [3.05, 3.63) is 78.1 Å². The molecule has 0 aliphatic heterocycles. The van der Waals surface area contributed by atoms with E-state index in [1.165, 1.54) is 7.11 Å². The number of hydrogen-bond donors (Lipinski definition) is 0. The summed E-state index contributed by atoms with van der Waals surface area (Å²) in [6.07, 6.45) is 1.76. The zero-order valence-electron chi connectivity index (χ0n) is 12.3. The van der Waals surface area contributed by atoms with Crippen molar-refractivity contribution in [1.29, 1.82) is 0 Å². The summed E-state index contributed by atoms with van der Waals surface area (Å²) < 4.78 is 4.84. The Morgan fingerprint density at radius 2 is 1.81 bits per heavy atom. The summed E-state index contributed by atoms with van der Waals surface area (Å²) in [4.78, 5) is 16.3. The van der Waals surface area contributed by atoms with Gasteiger partial charge in [-0.2, -0.15) is 0 Å². The van der Waals surface area contributed by atoms with E-state index in [-0.39, 0.29) is 17.8 Å². The fraction of sp³-hybridized carbons (Fsp3) is 0.222. The maximum absolute atomic E-state index is 11.9. The number of ether oxygens (including phenoxy) is 1. The van der Waals surface area contributed by atoms with Gasteiger partial charge in [-0.15, -0.1) is 0 Å². The molecule has 0 bridgehead atoms. The number of methoxy groups -OCH3 is 1. The Labute approximate surface area is 125 Å². The first-order valence-electron chi connectivity index (χ1n) is 6.88. The number of benzene rings is 1. The van der Waals surface area contributed by atoms with Crippen LogP contribution in [0.25, 0.3) is 0 Å². The predicted molar refractivity (Wildman–Crippen MR) is 83.0 cm³/mol. The molecule has 1 aromatic carbocycles. The molecule has 3 heteroatoms. The smallest absolute Gasteiger partial charge is 0.333 e. The average Bonchev–Trinajstić information content (AvgIpc) is 2.56. The molecule has 2 aromatic rings. The topological polar surface area (TPSA) is 39.2 Å². The lowest BCUT2D eigenvalue weighted by molar-refractivity contribution is -0.136. The zero-order chi connectivity index (χ0) is 15.2. The molecular weight excluding hydrogens is 262 g/mol. The molecule has 0 radical (unpaired) electrons. The molecule has 0 unspecified atom stereocenters. The Morgan fingerprint density at radius 1 is 1.14 bits per heavy atom. The van der Waals surface area contributed by atoms with Crippen LogP contribution >= 0.6 is 0 Å². The Hall–Kier alpha value is -2.42. The number of nitrogens with zero attached hydrogens (tertiary/aromatic N) is 1. The molecular formula is C18H19NO2. The van der Waals surface area contributed by atoms with Gasteiger partial charge in [0, 0.05) is 29.3 Å². The third-order valence-corrected chi connectivity index (χ3v) is 3.64. The number of carbonyl (C=O) groups excluding carboxylic acids is 1. The van der Waals surface area contributed by atoms with E-state index in [1.54, 1.807) is 6.20 Å². The Kier molecular flexibility index (Phi) is 4.88. The highest BCUT2D eigenvalue weighted by molar-refractivity contribution is 5.89. The summed E-state index contributed by atoms with van der Waals surface area (Å²) in [6.45, 7) is 6.00. The third kappa shape index (κ3) is 3.37. The van der Waals surface area contributed by atoms with Crippen LogP contribution in [0.3, 0.4) is 0 Å². The SMILES string of the molecule is C=C(C(=O)OC)[C@@H](c1ccccc1)[C@@H](C)c1ccccn1. The van der Waals surface area contributed by atoms with Crippen molar-refractivity contribution < 1.29 is 9.53 Å². The van der Waals surface area contributed by atoms with Gasteiger partial charge in [0.2, 0.25) is 0 Å². The highest BCUT2D eigenvalue weighted by Crippen LogP contribution is 2.37. The molecule has 1 heterocycles. The average molecular weight is 281 g/mol. The van der Waals surface area contributed by atoms with Crippen LogP contribution in [0.5, 0.6) is 0 Å². The number of aromatic nitrogens is 1. The van der Waals surface area contributed by atoms with E-state index in [9.17, 15) is 4.79 Å². The fourth-order valence-corrected chi connectivity index (χ4v) is 2.53. The van der Waals surface area contributed by atoms with Gasteiger partial charge in [-0.05, 0) is 17.7 Å². The van der Waals surface area contributed by atoms with Crippen molar-refractivity contribution in [2.75, 3.05) is 7.11 Å². The molecule has 0 fully saturated rings. The Balaban J connectivity index is 2.41. The van der Waals surface area contributed by atoms with E-state index in [2.05, 4.69) is 11.6 Å². The van der Waals surface area contributed by atoms with Crippen LogP contribution in [0.4, 0.5) is 0 Å². The second-order valence-electron chi connectivity index (χ2n) is 4.95. The maximum Gasteiger partial charge on any atom is 0.333 e. The molecule has 0 spiro atoms. The van der Waals surface area contributed by atoms with Gasteiger partial charge in [-0.3, -0.25) is 4.98 Å². The van der Waals surface area contributed by atoms with Crippen molar-refractivity contribution in [2.45, 2.75) is 18.8 Å². The van der Waals surface area contributed by atoms with Gasteiger partial charge in [0.05, 0.1) is 7.11 Å². The Morgan fingerprint density at radius 3 is 2.38 bits per heavy atom. The summed E-state index contributed by atoms with van der Waals surface area (Å²) in [5, 5.41) is 0. The first-order valence-corrected chi connectivity index (χ1v) is 6.88. The van der Waals surface area contributed by atoms with Crippen molar-refractivity contribution in [3.8, 4) is 0 Å². The molecule has 0 saturated heterocycles. The lowest BCUT2D eigenvalue weighted by atomic mass is 9.80. The van der Waals surface area contributed by atoms with Crippen LogP contribution in [0.15, 0.2) is 66.9 Å². The minimum atomic E-state index is -0.383. The highest BCUT2D eigenvalue weighted by atomic mass is 16.5. The normalized spacial score (nSPS) is 13.2. The maximum atomic E-state index is 11.9. The van der Waals surface area contributed by atoms with Crippen molar-refractivity contribution in [2.24, 2.45) is 0 Å². The van der Waals surface area contributed by atoms with Crippen LogP contribution in [0, 0.1) is 0 Å². The molecule has 2 rings (SSSR count). The van der Waals surface area contributed by atoms with Crippen LogP contribution < -0.4 is 0 Å². The fourth-order valence-electron chi connectivity index (χ4n) is 2.53. The van der Waals surface area contributed by atoms with E-state index in [0.29, 0.717) is 5.57 Å². The van der Waals surface area contributed by atoms with Gasteiger partial charge < -0.3 is 4.74 Å². The highest BCUT2D eigenvalue weighted by Gasteiger charge is 2.28. The second-order valence-corrected chi connectivity index (χ2v) is 4.95. The molecule has 0 N–H and O–H groups in total. The van der Waals surface area contributed by atoms with Crippen molar-refractivity contribution >= 4 is 5.97 Å². The van der Waals surface area contributed by atoms with E-state index < -0.39 is 0 Å². The molecule has 21 heavy (non-hydrogen) atoms. The predicted octanol–water partition coefficient (Wildman–Crippen LogP) is 3.70. The molecule has 0 aliphatic carbocycles. The monoisotopic (exact) mass is 281 g/mol. The second kappa shape index (κ2) is 6.84. The number of rotatable bonds is 5. The molecule has 3 nitrogen and oxygen atoms in total. The van der Waals surface area contributed by atoms with Gasteiger partial charge in [0.15, 0.2) is 0 Å². The van der Waals surface area contributed by atoms with E-state index >= 15 is 0 Å². The molecule has 2 atom stereocenters. The lowest BCUT2D eigenvalue weighted by Gasteiger charge is -2.25. The number of carbonyl (C=O) groups is 1. The molecule has 1 aromatic heterocycles. The van der Waals surface area contributed by atoms with E-state index in [1.807, 2.05) is 55.5 Å². The van der Waals surface area contributed by atoms with Crippen LogP contribution in [-0.4, -0.2) is 18.1 Å². The Bertz CT molecular complexity index is 608. The molecule has 0 saturated carbocycles. The number of esters is 1. The number of hydrogen-bond acceptors (Lipinski definition) is 3. The number of pyridine rings is 1. The van der Waals surface area contributed by atoms with Crippen LogP contribution in [0.1, 0.15) is 30.0 Å². The van der Waals surface area contributed by atoms with Gasteiger partial charge >= 0.3 is 5.97 Å². The van der Waals surface area contributed by atoms with Gasteiger partial charge in [-0.25, -0.2) is 4.79 Å².